The van der Waals surface area contributed by atoms with E-state index in [2.05, 4.69) is 13.8 Å². The Morgan fingerprint density at radius 3 is 0.771 bits per heavy atom. The van der Waals surface area contributed by atoms with E-state index in [1.807, 2.05) is 0 Å². The number of hydrogen-bond acceptors (Lipinski definition) is 3. The number of ether oxygens (including phenoxy) is 2. The fraction of sp³-hybridized carbons (Fsp3) is 0.969. The van der Waals surface area contributed by atoms with E-state index in [-0.39, 0.29) is 0 Å². The average Bonchev–Trinajstić information content (AvgIpc) is 2.86. The van der Waals surface area contributed by atoms with E-state index in [0.29, 0.717) is 13.2 Å². The summed E-state index contributed by atoms with van der Waals surface area (Å²) in [5.41, 5.74) is 0. The molecule has 0 N–H and O–H groups in total. The molecule has 35 heavy (non-hydrogen) atoms. The maximum atomic E-state index is 11.6. The maximum Gasteiger partial charge on any atom is 0.508 e. The molecule has 0 saturated carbocycles. The van der Waals surface area contributed by atoms with Gasteiger partial charge in [0.25, 0.3) is 0 Å². The van der Waals surface area contributed by atoms with Crippen LogP contribution in [0.4, 0.5) is 4.79 Å². The lowest BCUT2D eigenvalue weighted by molar-refractivity contribution is 0.0529. The molecular formula is C32H64O3. The lowest BCUT2D eigenvalue weighted by Crippen LogP contribution is -2.09. The van der Waals surface area contributed by atoms with Crippen LogP contribution in [0.25, 0.3) is 0 Å². The Bertz CT molecular complexity index is 396. The van der Waals surface area contributed by atoms with Gasteiger partial charge in [-0.1, -0.05) is 174 Å². The molecule has 0 rings (SSSR count). The zero-order chi connectivity index (χ0) is 25.5. The van der Waals surface area contributed by atoms with Crippen LogP contribution >= 0.6 is 0 Å². The van der Waals surface area contributed by atoms with E-state index in [1.165, 1.54) is 148 Å². The summed E-state index contributed by atoms with van der Waals surface area (Å²) in [6.45, 7) is 5.58. The van der Waals surface area contributed by atoms with Crippen LogP contribution in [0.5, 0.6) is 0 Å². The van der Waals surface area contributed by atoms with Gasteiger partial charge in [0.05, 0.1) is 13.2 Å². The van der Waals surface area contributed by atoms with Crippen LogP contribution in [-0.2, 0) is 9.47 Å². The van der Waals surface area contributed by atoms with Crippen molar-refractivity contribution in [1.29, 1.82) is 0 Å². The second kappa shape index (κ2) is 31.3. The van der Waals surface area contributed by atoms with Gasteiger partial charge in [-0.25, -0.2) is 4.79 Å². The predicted molar refractivity (Wildman–Crippen MR) is 153 cm³/mol. The minimum Gasteiger partial charge on any atom is -0.434 e. The molecule has 0 aromatic rings. The van der Waals surface area contributed by atoms with Crippen LogP contribution in [0, 0.1) is 0 Å². The van der Waals surface area contributed by atoms with Crippen LogP contribution in [0.3, 0.4) is 0 Å². The van der Waals surface area contributed by atoms with Crippen molar-refractivity contribution in [2.75, 3.05) is 13.2 Å². The van der Waals surface area contributed by atoms with Crippen LogP contribution in [-0.4, -0.2) is 19.4 Å². The minimum atomic E-state index is -0.474. The molecule has 0 saturated heterocycles. The number of carbonyl (C=O) groups excluding carboxylic acids is 1. The smallest absolute Gasteiger partial charge is 0.434 e. The van der Waals surface area contributed by atoms with Gasteiger partial charge in [-0.05, 0) is 12.8 Å². The van der Waals surface area contributed by atoms with Gasteiger partial charge < -0.3 is 9.47 Å². The molecule has 210 valence electrons. The molecular weight excluding hydrogens is 432 g/mol. The first-order valence-corrected chi connectivity index (χ1v) is 16.1. The fourth-order valence-corrected chi connectivity index (χ4v) is 4.77. The summed E-state index contributed by atoms with van der Waals surface area (Å²) in [6.07, 6.45) is 35.5. The Balaban J connectivity index is 3.14. The van der Waals surface area contributed by atoms with Gasteiger partial charge in [-0.3, -0.25) is 0 Å². The molecule has 0 unspecified atom stereocenters. The number of unbranched alkanes of at least 4 members (excludes halogenated alkanes) is 25. The zero-order valence-electron chi connectivity index (χ0n) is 24.2. The zero-order valence-corrected chi connectivity index (χ0v) is 24.2. The van der Waals surface area contributed by atoms with Gasteiger partial charge in [-0.2, -0.15) is 0 Å². The van der Waals surface area contributed by atoms with Crippen LogP contribution < -0.4 is 0 Å². The van der Waals surface area contributed by atoms with Crippen molar-refractivity contribution in [1.82, 2.24) is 0 Å². The second-order valence-electron chi connectivity index (χ2n) is 10.8. The van der Waals surface area contributed by atoms with Gasteiger partial charge in [0.15, 0.2) is 0 Å². The quantitative estimate of drug-likeness (QED) is 0.0762. The van der Waals surface area contributed by atoms with E-state index in [0.717, 1.165) is 25.7 Å². The summed E-state index contributed by atoms with van der Waals surface area (Å²) < 4.78 is 10.4. The Morgan fingerprint density at radius 1 is 0.343 bits per heavy atom. The highest BCUT2D eigenvalue weighted by Crippen LogP contribution is 2.14. The summed E-state index contributed by atoms with van der Waals surface area (Å²) in [4.78, 5) is 11.6. The lowest BCUT2D eigenvalue weighted by atomic mass is 10.0. The highest BCUT2D eigenvalue weighted by atomic mass is 16.7. The Morgan fingerprint density at radius 2 is 0.543 bits per heavy atom. The molecule has 0 radical (unpaired) electrons. The maximum absolute atomic E-state index is 11.6. The van der Waals surface area contributed by atoms with Crippen molar-refractivity contribution in [3.63, 3.8) is 0 Å². The molecule has 0 bridgehead atoms. The number of rotatable bonds is 29. The molecule has 3 nitrogen and oxygen atoms in total. The van der Waals surface area contributed by atoms with Gasteiger partial charge in [0.1, 0.15) is 0 Å². The van der Waals surface area contributed by atoms with Crippen LogP contribution in [0.2, 0.25) is 0 Å². The first-order valence-electron chi connectivity index (χ1n) is 16.1. The Kier molecular flexibility index (Phi) is 30.6. The van der Waals surface area contributed by atoms with E-state index in [4.69, 9.17) is 9.47 Å². The minimum absolute atomic E-state index is 0.474. The third-order valence-electron chi connectivity index (χ3n) is 7.19. The van der Waals surface area contributed by atoms with Gasteiger partial charge >= 0.3 is 6.16 Å². The van der Waals surface area contributed by atoms with Crippen molar-refractivity contribution < 1.29 is 14.3 Å². The van der Waals surface area contributed by atoms with E-state index in [1.54, 1.807) is 0 Å². The molecule has 0 aliphatic carbocycles. The molecule has 0 aliphatic heterocycles. The SMILES string of the molecule is CCCCCCCCCCCCCCCCCOC(=O)OCCCCCCCCCCCCCC. The second-order valence-corrected chi connectivity index (χ2v) is 10.8. The standard InChI is InChI=1S/C32H64O3/c1-3-5-7-9-11-13-15-17-18-19-21-23-25-27-29-31-35-32(33)34-30-28-26-24-22-20-16-14-12-10-8-6-4-2/h3-31H2,1-2H3. The first-order chi connectivity index (χ1) is 17.3. The van der Waals surface area contributed by atoms with Gasteiger partial charge in [0.2, 0.25) is 0 Å². The normalized spacial score (nSPS) is 11.1. The fourth-order valence-electron chi connectivity index (χ4n) is 4.77. The highest BCUT2D eigenvalue weighted by molar-refractivity contribution is 5.59. The molecule has 0 spiro atoms. The van der Waals surface area contributed by atoms with E-state index in [9.17, 15) is 4.79 Å². The van der Waals surface area contributed by atoms with Crippen molar-refractivity contribution in [2.45, 2.75) is 187 Å². The molecule has 0 aromatic heterocycles. The third kappa shape index (κ3) is 31.2. The summed E-state index contributed by atoms with van der Waals surface area (Å²) in [5.74, 6) is 0. The molecule has 0 heterocycles. The third-order valence-corrected chi connectivity index (χ3v) is 7.19. The molecule has 0 aliphatic rings. The van der Waals surface area contributed by atoms with Crippen LogP contribution in [0.15, 0.2) is 0 Å². The van der Waals surface area contributed by atoms with Crippen molar-refractivity contribution in [2.24, 2.45) is 0 Å². The first kappa shape index (κ1) is 34.3. The summed E-state index contributed by atoms with van der Waals surface area (Å²) in [6, 6.07) is 0. The monoisotopic (exact) mass is 496 g/mol. The van der Waals surface area contributed by atoms with Crippen molar-refractivity contribution in [3.8, 4) is 0 Å². The summed E-state index contributed by atoms with van der Waals surface area (Å²) in [7, 11) is 0. The molecule has 0 aromatic carbocycles. The topological polar surface area (TPSA) is 35.5 Å². The largest absolute Gasteiger partial charge is 0.508 e. The highest BCUT2D eigenvalue weighted by Gasteiger charge is 2.03. The van der Waals surface area contributed by atoms with E-state index < -0.39 is 6.16 Å². The molecule has 0 amide bonds. The Hall–Kier alpha value is -0.730. The number of hydrogen-bond donors (Lipinski definition) is 0. The molecule has 0 atom stereocenters. The predicted octanol–water partition coefficient (Wildman–Crippen LogP) is 11.7. The summed E-state index contributed by atoms with van der Waals surface area (Å²) >= 11 is 0. The Labute approximate surface area is 220 Å². The lowest BCUT2D eigenvalue weighted by Gasteiger charge is -2.07. The molecule has 3 heteroatoms. The van der Waals surface area contributed by atoms with Crippen molar-refractivity contribution >= 4 is 6.16 Å². The van der Waals surface area contributed by atoms with Gasteiger partial charge in [0, 0.05) is 0 Å². The van der Waals surface area contributed by atoms with Gasteiger partial charge in [-0.15, -0.1) is 0 Å². The van der Waals surface area contributed by atoms with E-state index >= 15 is 0 Å². The summed E-state index contributed by atoms with van der Waals surface area (Å²) in [5, 5.41) is 0. The van der Waals surface area contributed by atoms with Crippen LogP contribution in [0.1, 0.15) is 187 Å². The average molecular weight is 497 g/mol. The molecule has 0 fully saturated rings. The number of carbonyl (C=O) groups is 1. The van der Waals surface area contributed by atoms with Crippen molar-refractivity contribution in [3.05, 3.63) is 0 Å².